The molecule has 0 saturated carbocycles. The number of carbonyl (C=O) groups excluding carboxylic acids is 3. The van der Waals surface area contributed by atoms with Gasteiger partial charge in [-0.15, -0.1) is 0 Å². The summed E-state index contributed by atoms with van der Waals surface area (Å²) in [4.78, 5) is 36.6. The van der Waals surface area contributed by atoms with Gasteiger partial charge in [0.15, 0.2) is 0 Å². The van der Waals surface area contributed by atoms with Crippen molar-refractivity contribution in [2.45, 2.75) is 71.1 Å². The molecule has 0 saturated heterocycles. The third kappa shape index (κ3) is 15.4. The molecular weight excluding hydrogens is 362 g/mol. The predicted molar refractivity (Wildman–Crippen MR) is 109 cm³/mol. The molecule has 3 amide bonds. The van der Waals surface area contributed by atoms with Crippen LogP contribution in [0.4, 0.5) is 0 Å². The van der Waals surface area contributed by atoms with Crippen LogP contribution in [0.1, 0.15) is 71.1 Å². The lowest BCUT2D eigenvalue weighted by atomic mass is 10.1. The molecular formula is C20H39N3O5. The first-order valence-corrected chi connectivity index (χ1v) is 10.6. The Hall–Kier alpha value is -1.67. The minimum absolute atomic E-state index is 0.102. The van der Waals surface area contributed by atoms with Crippen molar-refractivity contribution in [3.05, 3.63) is 0 Å². The van der Waals surface area contributed by atoms with Gasteiger partial charge in [-0.1, -0.05) is 58.3 Å². The summed E-state index contributed by atoms with van der Waals surface area (Å²) in [5.74, 6) is -0.995. The van der Waals surface area contributed by atoms with Gasteiger partial charge >= 0.3 is 0 Å². The molecule has 28 heavy (non-hydrogen) atoms. The Morgan fingerprint density at radius 1 is 0.714 bits per heavy atom. The van der Waals surface area contributed by atoms with Crippen molar-refractivity contribution >= 4 is 17.7 Å². The summed E-state index contributed by atoms with van der Waals surface area (Å²) in [6, 6.07) is 0. The van der Waals surface area contributed by atoms with Crippen molar-refractivity contribution < 1.29 is 24.6 Å². The summed E-state index contributed by atoms with van der Waals surface area (Å²) in [5.41, 5.74) is 0. The number of nitrogens with zero attached hydrogens (tertiary/aromatic N) is 1. The lowest BCUT2D eigenvalue weighted by Gasteiger charge is -2.20. The first kappa shape index (κ1) is 26.3. The number of unbranched alkanes of at least 4 members (excludes halogenated alkanes) is 8. The van der Waals surface area contributed by atoms with Gasteiger partial charge in [0.1, 0.15) is 0 Å². The molecule has 0 fully saturated rings. The van der Waals surface area contributed by atoms with E-state index in [-0.39, 0.29) is 45.3 Å². The highest BCUT2D eigenvalue weighted by Crippen LogP contribution is 2.10. The summed E-state index contributed by atoms with van der Waals surface area (Å²) in [7, 11) is 0. The SMILES string of the molecule is CCCCCCCCCCCC(=O)NCC(=O)NCC(=O)N(CCO)CCO. The molecule has 0 bridgehead atoms. The van der Waals surface area contributed by atoms with Crippen LogP contribution >= 0.6 is 0 Å². The summed E-state index contributed by atoms with van der Waals surface area (Å²) in [6.45, 7) is 1.59. The van der Waals surface area contributed by atoms with Gasteiger partial charge in [-0.3, -0.25) is 14.4 Å². The fraction of sp³-hybridized carbons (Fsp3) is 0.850. The third-order valence-electron chi connectivity index (χ3n) is 4.48. The fourth-order valence-corrected chi connectivity index (χ4v) is 2.81. The van der Waals surface area contributed by atoms with Gasteiger partial charge in [0, 0.05) is 19.5 Å². The molecule has 8 heteroatoms. The molecule has 4 N–H and O–H groups in total. The highest BCUT2D eigenvalue weighted by Gasteiger charge is 2.13. The van der Waals surface area contributed by atoms with Gasteiger partial charge in [0.05, 0.1) is 26.3 Å². The second-order valence-corrected chi connectivity index (χ2v) is 6.96. The zero-order valence-electron chi connectivity index (χ0n) is 17.4. The molecule has 0 aromatic rings. The number of nitrogens with one attached hydrogen (secondary N) is 2. The van der Waals surface area contributed by atoms with E-state index in [2.05, 4.69) is 17.6 Å². The van der Waals surface area contributed by atoms with Crippen molar-refractivity contribution in [3.63, 3.8) is 0 Å². The first-order valence-electron chi connectivity index (χ1n) is 10.6. The van der Waals surface area contributed by atoms with Gasteiger partial charge in [-0.2, -0.15) is 0 Å². The van der Waals surface area contributed by atoms with E-state index < -0.39 is 11.8 Å². The molecule has 0 spiro atoms. The van der Waals surface area contributed by atoms with Gasteiger partial charge in [0.25, 0.3) is 0 Å². The standard InChI is InChI=1S/C20H39N3O5/c1-2-3-4-5-6-7-8-9-10-11-18(26)21-16-19(27)22-17-20(28)23(12-14-24)13-15-25/h24-25H,2-17H2,1H3,(H,21,26)(H,22,27). The monoisotopic (exact) mass is 401 g/mol. The largest absolute Gasteiger partial charge is 0.395 e. The lowest BCUT2D eigenvalue weighted by Crippen LogP contribution is -2.45. The molecule has 164 valence electrons. The van der Waals surface area contributed by atoms with Crippen molar-refractivity contribution in [1.29, 1.82) is 0 Å². The van der Waals surface area contributed by atoms with E-state index in [9.17, 15) is 14.4 Å². The molecule has 0 rings (SSSR count). The molecule has 0 aromatic heterocycles. The highest BCUT2D eigenvalue weighted by molar-refractivity contribution is 5.88. The second-order valence-electron chi connectivity index (χ2n) is 6.96. The molecule has 0 heterocycles. The smallest absolute Gasteiger partial charge is 0.242 e. The number of carbonyl (C=O) groups is 3. The van der Waals surface area contributed by atoms with Gasteiger partial charge < -0.3 is 25.7 Å². The molecule has 0 radical (unpaired) electrons. The number of amides is 3. The Morgan fingerprint density at radius 2 is 1.21 bits per heavy atom. The zero-order valence-corrected chi connectivity index (χ0v) is 17.4. The van der Waals surface area contributed by atoms with Crippen LogP contribution < -0.4 is 10.6 Å². The molecule has 0 atom stereocenters. The number of aliphatic hydroxyl groups excluding tert-OH is 2. The van der Waals surface area contributed by atoms with Crippen LogP contribution in [0.5, 0.6) is 0 Å². The minimum atomic E-state index is -0.443. The Labute approximate surface area is 169 Å². The molecule has 0 aliphatic heterocycles. The Kier molecular flexibility index (Phi) is 17.6. The fourth-order valence-electron chi connectivity index (χ4n) is 2.81. The molecule has 0 unspecified atom stereocenters. The van der Waals surface area contributed by atoms with Crippen LogP contribution in [0.15, 0.2) is 0 Å². The predicted octanol–water partition coefficient (Wildman–Crippen LogP) is 0.953. The third-order valence-corrected chi connectivity index (χ3v) is 4.48. The minimum Gasteiger partial charge on any atom is -0.395 e. The van der Waals surface area contributed by atoms with Crippen LogP contribution in [0.2, 0.25) is 0 Å². The molecule has 0 aromatic carbocycles. The van der Waals surface area contributed by atoms with Crippen molar-refractivity contribution in [3.8, 4) is 0 Å². The van der Waals surface area contributed by atoms with Crippen molar-refractivity contribution in [2.24, 2.45) is 0 Å². The zero-order chi connectivity index (χ0) is 21.0. The van der Waals surface area contributed by atoms with Gasteiger partial charge in [-0.25, -0.2) is 0 Å². The maximum atomic E-state index is 11.9. The van der Waals surface area contributed by atoms with Crippen LogP contribution in [-0.4, -0.2) is 72.2 Å². The van der Waals surface area contributed by atoms with Gasteiger partial charge in [-0.05, 0) is 6.42 Å². The van der Waals surface area contributed by atoms with E-state index in [0.29, 0.717) is 6.42 Å². The quantitative estimate of drug-likeness (QED) is 0.255. The summed E-state index contributed by atoms with van der Waals surface area (Å²) in [5, 5.41) is 22.8. The average molecular weight is 402 g/mol. The molecule has 0 aliphatic carbocycles. The topological polar surface area (TPSA) is 119 Å². The number of hydrogen-bond acceptors (Lipinski definition) is 5. The maximum Gasteiger partial charge on any atom is 0.242 e. The van der Waals surface area contributed by atoms with Crippen LogP contribution in [0, 0.1) is 0 Å². The maximum absolute atomic E-state index is 11.9. The summed E-state index contributed by atoms with van der Waals surface area (Å²) in [6.07, 6.45) is 11.0. The summed E-state index contributed by atoms with van der Waals surface area (Å²) < 4.78 is 0. The van der Waals surface area contributed by atoms with Crippen molar-refractivity contribution in [2.75, 3.05) is 39.4 Å². The number of hydrogen-bond donors (Lipinski definition) is 4. The van der Waals surface area contributed by atoms with E-state index in [1.54, 1.807) is 0 Å². The average Bonchev–Trinajstić information content (AvgIpc) is 2.69. The second kappa shape index (κ2) is 18.7. The Bertz CT molecular complexity index is 426. The highest BCUT2D eigenvalue weighted by atomic mass is 16.3. The van der Waals surface area contributed by atoms with E-state index in [1.165, 1.54) is 43.4 Å². The van der Waals surface area contributed by atoms with E-state index in [1.807, 2.05) is 0 Å². The Balaban J connectivity index is 3.69. The van der Waals surface area contributed by atoms with Crippen LogP contribution in [0.3, 0.4) is 0 Å². The Morgan fingerprint density at radius 3 is 1.75 bits per heavy atom. The van der Waals surface area contributed by atoms with Crippen molar-refractivity contribution in [1.82, 2.24) is 15.5 Å². The summed E-state index contributed by atoms with van der Waals surface area (Å²) >= 11 is 0. The van der Waals surface area contributed by atoms with E-state index in [0.717, 1.165) is 19.3 Å². The van der Waals surface area contributed by atoms with E-state index >= 15 is 0 Å². The molecule has 0 aliphatic rings. The van der Waals surface area contributed by atoms with Crippen LogP contribution in [0.25, 0.3) is 0 Å². The normalized spacial score (nSPS) is 10.5. The van der Waals surface area contributed by atoms with Gasteiger partial charge in [0.2, 0.25) is 17.7 Å². The van der Waals surface area contributed by atoms with E-state index in [4.69, 9.17) is 10.2 Å². The first-order chi connectivity index (χ1) is 13.5. The molecule has 8 nitrogen and oxygen atoms in total. The van der Waals surface area contributed by atoms with Crippen LogP contribution in [-0.2, 0) is 14.4 Å². The number of aliphatic hydroxyl groups is 2. The number of rotatable bonds is 18. The lowest BCUT2D eigenvalue weighted by molar-refractivity contribution is -0.133.